The molecule has 12 nitrogen and oxygen atoms in total. The molecule has 0 aliphatic heterocycles. The van der Waals surface area contributed by atoms with Crippen molar-refractivity contribution >= 4 is 43.5 Å². The van der Waals surface area contributed by atoms with Crippen molar-refractivity contribution in [3.05, 3.63) is 66.0 Å². The number of benzene rings is 2. The number of hydrogen-bond acceptors (Lipinski definition) is 10. The van der Waals surface area contributed by atoms with Crippen LogP contribution in [0.15, 0.2) is 59.1 Å². The second-order valence-corrected chi connectivity index (χ2v) is 10.9. The number of thiazole rings is 1. The molecule has 2 aromatic heterocycles. The Balaban J connectivity index is 1.49. The molecule has 0 fully saturated rings. The number of aromatic nitrogens is 4. The summed E-state index contributed by atoms with van der Waals surface area (Å²) in [7, 11) is -2.64. The molecule has 2 aromatic carbocycles. The van der Waals surface area contributed by atoms with Crippen molar-refractivity contribution in [1.82, 2.24) is 25.3 Å². The molecule has 0 aliphatic rings. The molecule has 4 aromatic rings. The van der Waals surface area contributed by atoms with Crippen LogP contribution in [0.2, 0.25) is 0 Å². The van der Waals surface area contributed by atoms with Crippen LogP contribution < -0.4 is 15.2 Å². The minimum atomic E-state index is -3.89. The van der Waals surface area contributed by atoms with Crippen LogP contribution in [0, 0.1) is 0 Å². The van der Waals surface area contributed by atoms with Crippen LogP contribution in [0.1, 0.15) is 24.2 Å². The van der Waals surface area contributed by atoms with Gasteiger partial charge in [0.1, 0.15) is 30.1 Å². The third-order valence-electron chi connectivity index (χ3n) is 5.34. The number of nitrogens with zero attached hydrogens (tertiary/aromatic N) is 4. The molecule has 0 aliphatic carbocycles. The Hall–Kier alpha value is -3.88. The number of amides is 1. The Morgan fingerprint density at radius 1 is 1.19 bits per heavy atom. The summed E-state index contributed by atoms with van der Waals surface area (Å²) in [6, 6.07) is 12.7. The van der Waals surface area contributed by atoms with E-state index in [2.05, 4.69) is 20.6 Å². The van der Waals surface area contributed by atoms with Gasteiger partial charge in [0.15, 0.2) is 0 Å². The lowest BCUT2D eigenvalue weighted by Gasteiger charge is -2.19. The highest BCUT2D eigenvalue weighted by Crippen LogP contribution is 2.28. The average Bonchev–Trinajstić information content (AvgIpc) is 3.53. The Bertz CT molecular complexity index is 1520. The number of rotatable bonds is 10. The van der Waals surface area contributed by atoms with E-state index in [-0.39, 0.29) is 10.9 Å². The van der Waals surface area contributed by atoms with E-state index in [4.69, 9.17) is 14.6 Å². The zero-order chi connectivity index (χ0) is 26.6. The van der Waals surface area contributed by atoms with E-state index >= 15 is 0 Å². The minimum Gasteiger partial charge on any atom is -0.487 e. The largest absolute Gasteiger partial charge is 0.487 e. The van der Waals surface area contributed by atoms with Gasteiger partial charge in [-0.2, -0.15) is 0 Å². The van der Waals surface area contributed by atoms with E-state index in [1.807, 2.05) is 30.3 Å². The van der Waals surface area contributed by atoms with E-state index in [1.165, 1.54) is 18.7 Å². The number of carbonyl (C=O) groups is 2. The van der Waals surface area contributed by atoms with Crippen molar-refractivity contribution in [2.45, 2.75) is 36.4 Å². The first-order valence-corrected chi connectivity index (χ1v) is 13.4. The van der Waals surface area contributed by atoms with Gasteiger partial charge in [-0.1, -0.05) is 35.5 Å². The summed E-state index contributed by atoms with van der Waals surface area (Å²) in [5, 5.41) is 16.1. The van der Waals surface area contributed by atoms with Crippen molar-refractivity contribution in [3.63, 3.8) is 0 Å². The number of primary sulfonamides is 1. The number of nitrogens with one attached hydrogen (secondary N) is 1. The maximum absolute atomic E-state index is 13.1. The van der Waals surface area contributed by atoms with Crippen LogP contribution in [-0.2, 0) is 37.4 Å². The Morgan fingerprint density at radius 3 is 2.65 bits per heavy atom. The second-order valence-electron chi connectivity index (χ2n) is 8.09. The monoisotopic (exact) mass is 544 g/mol. The number of fused-ring (bicyclic) bond motifs is 1. The molecule has 1 amide bonds. The fraction of sp³-hybridized carbons (Fsp3) is 0.261. The standard InChI is InChI=1S/C23H24N6O6S2/c1-14(22(31)34-2)25-21(30)19(10-15-6-4-3-5-7-15)29-12-16(27-28-29)13-35-17-8-9-18-20(11-17)36-23(26-18)37(24,32)33/h3-9,11-12,14,19H,10,13H2,1-2H3,(H,25,30)(H2,24,32,33)/t14-,19-/m0/s1. The summed E-state index contributed by atoms with van der Waals surface area (Å²) < 4.78 is 35.5. The molecule has 0 radical (unpaired) electrons. The smallest absolute Gasteiger partial charge is 0.328 e. The number of esters is 1. The lowest BCUT2D eigenvalue weighted by Crippen LogP contribution is -2.43. The molecule has 0 saturated heterocycles. The first-order chi connectivity index (χ1) is 17.6. The van der Waals surface area contributed by atoms with Gasteiger partial charge in [-0.15, -0.1) is 16.4 Å². The van der Waals surface area contributed by atoms with Gasteiger partial charge in [-0.05, 0) is 30.7 Å². The summed E-state index contributed by atoms with van der Waals surface area (Å²) in [5.74, 6) is -0.508. The Kier molecular flexibility index (Phi) is 7.80. The summed E-state index contributed by atoms with van der Waals surface area (Å²) in [6.07, 6.45) is 1.92. The van der Waals surface area contributed by atoms with Crippen LogP contribution in [-0.4, -0.2) is 53.4 Å². The quantitative estimate of drug-likeness (QED) is 0.282. The van der Waals surface area contributed by atoms with Gasteiger partial charge < -0.3 is 14.8 Å². The Morgan fingerprint density at radius 2 is 1.95 bits per heavy atom. The molecular weight excluding hydrogens is 520 g/mol. The highest BCUT2D eigenvalue weighted by Gasteiger charge is 2.26. The molecule has 2 atom stereocenters. The number of nitrogens with two attached hydrogens (primary N) is 1. The molecule has 37 heavy (non-hydrogen) atoms. The van der Waals surface area contributed by atoms with Gasteiger partial charge in [0.05, 0.1) is 23.5 Å². The molecule has 0 unspecified atom stereocenters. The van der Waals surface area contributed by atoms with Crippen LogP contribution >= 0.6 is 11.3 Å². The predicted octanol–water partition coefficient (Wildman–Crippen LogP) is 1.58. The lowest BCUT2D eigenvalue weighted by molar-refractivity contribution is -0.145. The van der Waals surface area contributed by atoms with Crippen LogP contribution in [0.3, 0.4) is 0 Å². The number of ether oxygens (including phenoxy) is 2. The highest BCUT2D eigenvalue weighted by molar-refractivity contribution is 7.91. The van der Waals surface area contributed by atoms with Crippen molar-refractivity contribution in [2.24, 2.45) is 5.14 Å². The Labute approximate surface area is 216 Å². The average molecular weight is 545 g/mol. The first-order valence-electron chi connectivity index (χ1n) is 11.0. The number of methoxy groups -OCH3 is 1. The van der Waals surface area contributed by atoms with E-state index in [9.17, 15) is 18.0 Å². The fourth-order valence-electron chi connectivity index (χ4n) is 3.47. The molecule has 194 valence electrons. The number of carbonyl (C=O) groups excluding carboxylic acids is 2. The third-order valence-corrected chi connectivity index (χ3v) is 7.67. The van der Waals surface area contributed by atoms with Crippen molar-refractivity contribution < 1.29 is 27.5 Å². The summed E-state index contributed by atoms with van der Waals surface area (Å²) in [6.45, 7) is 1.58. The van der Waals surface area contributed by atoms with E-state index < -0.39 is 34.0 Å². The SMILES string of the molecule is COC(=O)[C@H](C)NC(=O)[C@H](Cc1ccccc1)n1cc(COc2ccc3nc(S(N)(=O)=O)sc3c2)nn1. The van der Waals surface area contributed by atoms with Gasteiger partial charge in [-0.3, -0.25) is 4.79 Å². The van der Waals surface area contributed by atoms with Gasteiger partial charge in [-0.25, -0.2) is 28.0 Å². The van der Waals surface area contributed by atoms with Crippen molar-refractivity contribution in [1.29, 1.82) is 0 Å². The van der Waals surface area contributed by atoms with Crippen LogP contribution in [0.4, 0.5) is 0 Å². The second kappa shape index (κ2) is 11.0. The molecule has 0 saturated carbocycles. The zero-order valence-electron chi connectivity index (χ0n) is 19.9. The number of hydrogen-bond donors (Lipinski definition) is 2. The van der Waals surface area contributed by atoms with Crippen LogP contribution in [0.25, 0.3) is 10.2 Å². The molecule has 2 heterocycles. The molecule has 4 rings (SSSR count). The van der Waals surface area contributed by atoms with Crippen molar-refractivity contribution in [2.75, 3.05) is 7.11 Å². The first kappa shape index (κ1) is 26.2. The summed E-state index contributed by atoms with van der Waals surface area (Å²) in [4.78, 5) is 28.9. The van der Waals surface area contributed by atoms with Crippen LogP contribution in [0.5, 0.6) is 5.75 Å². The lowest BCUT2D eigenvalue weighted by atomic mass is 10.1. The molecule has 3 N–H and O–H groups in total. The summed E-state index contributed by atoms with van der Waals surface area (Å²) in [5.41, 5.74) is 1.85. The van der Waals surface area contributed by atoms with E-state index in [1.54, 1.807) is 24.4 Å². The van der Waals surface area contributed by atoms with Gasteiger partial charge in [0.25, 0.3) is 10.0 Å². The van der Waals surface area contributed by atoms with Crippen molar-refractivity contribution in [3.8, 4) is 5.75 Å². The minimum absolute atomic E-state index is 0.0462. The van der Waals surface area contributed by atoms with Gasteiger partial charge in [0, 0.05) is 6.42 Å². The molecule has 14 heteroatoms. The van der Waals surface area contributed by atoms with Gasteiger partial charge >= 0.3 is 5.97 Å². The van der Waals surface area contributed by atoms with Gasteiger partial charge in [0.2, 0.25) is 10.2 Å². The fourth-order valence-corrected chi connectivity index (χ4v) is 5.16. The predicted molar refractivity (Wildman–Crippen MR) is 134 cm³/mol. The molecular formula is C23H24N6O6S2. The normalized spacial score (nSPS) is 13.2. The summed E-state index contributed by atoms with van der Waals surface area (Å²) >= 11 is 0.947. The highest BCUT2D eigenvalue weighted by atomic mass is 32.2. The maximum Gasteiger partial charge on any atom is 0.328 e. The maximum atomic E-state index is 13.1. The molecule has 0 bridgehead atoms. The van der Waals surface area contributed by atoms with E-state index in [0.717, 1.165) is 16.9 Å². The van der Waals surface area contributed by atoms with E-state index in [0.29, 0.717) is 28.1 Å². The zero-order valence-corrected chi connectivity index (χ0v) is 21.5. The molecule has 0 spiro atoms. The topological polar surface area (TPSA) is 168 Å². The third kappa shape index (κ3) is 6.47. The number of sulfonamides is 1.